The van der Waals surface area contributed by atoms with Crippen LogP contribution in [0.2, 0.25) is 0 Å². The van der Waals surface area contributed by atoms with Crippen molar-refractivity contribution >= 4 is 13.4 Å². The van der Waals surface area contributed by atoms with Gasteiger partial charge in [0, 0.05) is 5.92 Å². The summed E-state index contributed by atoms with van der Waals surface area (Å²) in [6.45, 7) is 12.2. The second-order valence-electron chi connectivity index (χ2n) is 6.04. The molecule has 1 saturated heterocycles. The molecule has 4 heteroatoms. The van der Waals surface area contributed by atoms with Gasteiger partial charge in [-0.3, -0.25) is 0 Å². The number of allylic oxidation sites excluding steroid dienone is 2. The molecule has 1 unspecified atom stereocenters. The van der Waals surface area contributed by atoms with Gasteiger partial charge in [0.2, 0.25) is 0 Å². The van der Waals surface area contributed by atoms with Gasteiger partial charge in [0.1, 0.15) is 6.29 Å². The largest absolute Gasteiger partial charge is 0.490 e. The van der Waals surface area contributed by atoms with Crippen LogP contribution in [0.4, 0.5) is 0 Å². The lowest BCUT2D eigenvalue weighted by atomic mass is 9.71. The first-order chi connectivity index (χ1) is 8.86. The molecule has 19 heavy (non-hydrogen) atoms. The Labute approximate surface area is 117 Å². The molecule has 0 aromatic heterocycles. The van der Waals surface area contributed by atoms with Gasteiger partial charge in [-0.15, -0.1) is 0 Å². The first-order valence-corrected chi connectivity index (χ1v) is 7.35. The Balaban J connectivity index is 0.000000861. The molecule has 0 bridgehead atoms. The van der Waals surface area contributed by atoms with Crippen LogP contribution in [-0.2, 0) is 14.1 Å². The predicted octanol–water partition coefficient (Wildman–Crippen LogP) is 3.57. The fourth-order valence-electron chi connectivity index (χ4n) is 2.21. The Bertz CT molecular complexity index is 331. The number of hydrogen-bond donors (Lipinski definition) is 0. The Kier molecular flexibility index (Phi) is 5.39. The van der Waals surface area contributed by atoms with Crippen LogP contribution >= 0.6 is 0 Å². The zero-order valence-electron chi connectivity index (χ0n) is 13.2. The van der Waals surface area contributed by atoms with Gasteiger partial charge >= 0.3 is 7.12 Å². The molecule has 0 spiro atoms. The van der Waals surface area contributed by atoms with E-state index in [9.17, 15) is 4.79 Å². The highest BCUT2D eigenvalue weighted by molar-refractivity contribution is 6.54. The molecule has 0 N–H and O–H groups in total. The van der Waals surface area contributed by atoms with Crippen molar-refractivity contribution in [1.29, 1.82) is 0 Å². The average Bonchev–Trinajstić information content (AvgIpc) is 2.61. The third-order valence-electron chi connectivity index (χ3n) is 4.24. The van der Waals surface area contributed by atoms with Gasteiger partial charge in [-0.1, -0.05) is 19.9 Å². The van der Waals surface area contributed by atoms with E-state index in [0.717, 1.165) is 25.5 Å². The highest BCUT2D eigenvalue weighted by atomic mass is 16.7. The summed E-state index contributed by atoms with van der Waals surface area (Å²) in [5.41, 5.74) is 0.641. The second kappa shape index (κ2) is 6.23. The predicted molar refractivity (Wildman–Crippen MR) is 78.9 cm³/mol. The van der Waals surface area contributed by atoms with E-state index in [2.05, 4.69) is 33.8 Å². The van der Waals surface area contributed by atoms with Gasteiger partial charge in [0.25, 0.3) is 0 Å². The van der Waals surface area contributed by atoms with Crippen LogP contribution in [0.1, 0.15) is 60.8 Å². The second-order valence-corrected chi connectivity index (χ2v) is 6.04. The summed E-state index contributed by atoms with van der Waals surface area (Å²) in [5.74, 6) is 0.182. The summed E-state index contributed by atoms with van der Waals surface area (Å²) in [7, 11) is -0.229. The van der Waals surface area contributed by atoms with Gasteiger partial charge in [-0.2, -0.15) is 0 Å². The molecule has 0 aromatic rings. The minimum atomic E-state index is -0.278. The zero-order chi connectivity index (χ0) is 14.7. The van der Waals surface area contributed by atoms with Crippen LogP contribution in [-0.4, -0.2) is 24.6 Å². The van der Waals surface area contributed by atoms with E-state index in [0.29, 0.717) is 0 Å². The maximum absolute atomic E-state index is 10.7. The van der Waals surface area contributed by atoms with Gasteiger partial charge in [0.15, 0.2) is 0 Å². The van der Waals surface area contributed by atoms with Gasteiger partial charge in [-0.05, 0) is 52.4 Å². The fraction of sp³-hybridized carbons (Fsp3) is 0.800. The third kappa shape index (κ3) is 3.48. The molecule has 1 aliphatic heterocycles. The third-order valence-corrected chi connectivity index (χ3v) is 4.24. The van der Waals surface area contributed by atoms with Crippen LogP contribution in [0.25, 0.3) is 0 Å². The highest BCUT2D eigenvalue weighted by Gasteiger charge is 2.52. The smallest absolute Gasteiger partial charge is 0.400 e. The summed E-state index contributed by atoms with van der Waals surface area (Å²) < 4.78 is 12.0. The molecular weight excluding hydrogens is 239 g/mol. The number of carbonyl (C=O) groups is 1. The van der Waals surface area contributed by atoms with Crippen molar-refractivity contribution in [3.63, 3.8) is 0 Å². The topological polar surface area (TPSA) is 35.5 Å². The van der Waals surface area contributed by atoms with Crippen molar-refractivity contribution < 1.29 is 14.1 Å². The van der Waals surface area contributed by atoms with Crippen LogP contribution in [0.5, 0.6) is 0 Å². The molecule has 1 aliphatic carbocycles. The minimum absolute atomic E-state index is 0.182. The fourth-order valence-corrected chi connectivity index (χ4v) is 2.21. The number of carbonyl (C=O) groups excluding carboxylic acids is 1. The van der Waals surface area contributed by atoms with Crippen molar-refractivity contribution in [2.45, 2.75) is 72.0 Å². The lowest BCUT2D eigenvalue weighted by Crippen LogP contribution is -2.41. The first-order valence-electron chi connectivity index (χ1n) is 7.35. The molecule has 3 nitrogen and oxygen atoms in total. The molecule has 1 heterocycles. The summed E-state index contributed by atoms with van der Waals surface area (Å²) in [6.07, 6.45) is 5.81. The van der Waals surface area contributed by atoms with E-state index in [4.69, 9.17) is 9.31 Å². The Morgan fingerprint density at radius 2 is 1.74 bits per heavy atom. The van der Waals surface area contributed by atoms with Crippen LogP contribution in [0, 0.1) is 5.92 Å². The van der Waals surface area contributed by atoms with E-state index < -0.39 is 0 Å². The van der Waals surface area contributed by atoms with Crippen molar-refractivity contribution in [2.24, 2.45) is 5.92 Å². The summed E-state index contributed by atoms with van der Waals surface area (Å²) >= 11 is 0. The maximum atomic E-state index is 10.7. The summed E-state index contributed by atoms with van der Waals surface area (Å²) in [4.78, 5) is 10.7. The number of rotatable bonds is 2. The standard InChI is InChI=1S/C13H21BO3.C2H6/c1-12(2)13(3,4)17-14(16-12)11-7-5-10(9-15)6-8-11;1-2/h7,9-10H,5-6,8H2,1-4H3;1-2H3. The lowest BCUT2D eigenvalue weighted by Gasteiger charge is -2.32. The Morgan fingerprint density at radius 3 is 2.11 bits per heavy atom. The normalized spacial score (nSPS) is 28.2. The van der Waals surface area contributed by atoms with Crippen molar-refractivity contribution in [3.8, 4) is 0 Å². The van der Waals surface area contributed by atoms with Crippen molar-refractivity contribution in [2.75, 3.05) is 0 Å². The van der Waals surface area contributed by atoms with Crippen molar-refractivity contribution in [3.05, 3.63) is 11.5 Å². The zero-order valence-corrected chi connectivity index (χ0v) is 13.2. The molecular formula is C15H27BO3. The Morgan fingerprint density at radius 1 is 1.21 bits per heavy atom. The Hall–Kier alpha value is -0.605. The van der Waals surface area contributed by atoms with Gasteiger partial charge < -0.3 is 14.1 Å². The van der Waals surface area contributed by atoms with E-state index >= 15 is 0 Å². The molecule has 2 aliphatic rings. The SMILES string of the molecule is CC.CC1(C)OB(C2=CCC(C=O)CC2)OC1(C)C. The summed E-state index contributed by atoms with van der Waals surface area (Å²) in [6, 6.07) is 0. The summed E-state index contributed by atoms with van der Waals surface area (Å²) in [5, 5.41) is 0. The number of aldehydes is 1. The van der Waals surface area contributed by atoms with E-state index in [1.54, 1.807) is 0 Å². The average molecular weight is 266 g/mol. The van der Waals surface area contributed by atoms with Crippen LogP contribution in [0.3, 0.4) is 0 Å². The molecule has 1 atom stereocenters. The molecule has 108 valence electrons. The quantitative estimate of drug-likeness (QED) is 0.566. The molecule has 2 rings (SSSR count). The molecule has 0 saturated carbocycles. The molecule has 0 aromatic carbocycles. The van der Waals surface area contributed by atoms with E-state index in [1.165, 1.54) is 5.47 Å². The molecule has 0 radical (unpaired) electrons. The van der Waals surface area contributed by atoms with Gasteiger partial charge in [-0.25, -0.2) is 0 Å². The number of hydrogen-bond acceptors (Lipinski definition) is 3. The maximum Gasteiger partial charge on any atom is 0.490 e. The van der Waals surface area contributed by atoms with Gasteiger partial charge in [0.05, 0.1) is 11.2 Å². The van der Waals surface area contributed by atoms with E-state index in [-0.39, 0.29) is 24.2 Å². The minimum Gasteiger partial charge on any atom is -0.400 e. The molecule has 0 amide bonds. The monoisotopic (exact) mass is 266 g/mol. The van der Waals surface area contributed by atoms with Crippen LogP contribution in [0.15, 0.2) is 11.5 Å². The highest BCUT2D eigenvalue weighted by Crippen LogP contribution is 2.40. The first kappa shape index (κ1) is 16.4. The van der Waals surface area contributed by atoms with Crippen molar-refractivity contribution in [1.82, 2.24) is 0 Å². The lowest BCUT2D eigenvalue weighted by molar-refractivity contribution is -0.111. The van der Waals surface area contributed by atoms with E-state index in [1.807, 2.05) is 13.8 Å². The molecule has 1 fully saturated rings. The van der Waals surface area contributed by atoms with Crippen LogP contribution < -0.4 is 0 Å².